The molecular formula is C15H13N5O. The van der Waals surface area contributed by atoms with Crippen LogP contribution in [0.15, 0.2) is 47.7 Å². The minimum Gasteiger partial charge on any atom is -0.310 e. The normalized spacial score (nSPS) is 12.3. The smallest absolute Gasteiger partial charge is 0.249 e. The number of fused-ring (bicyclic) bond motifs is 5. The number of rotatable bonds is 1. The Kier molecular flexibility index (Phi) is 2.44. The lowest BCUT2D eigenvalue weighted by Crippen LogP contribution is -2.22. The van der Waals surface area contributed by atoms with Crippen LogP contribution in [0.4, 0.5) is 11.6 Å². The van der Waals surface area contributed by atoms with Crippen LogP contribution in [-0.2, 0) is 0 Å². The summed E-state index contributed by atoms with van der Waals surface area (Å²) in [5.74, 6) is 2.36. The summed E-state index contributed by atoms with van der Waals surface area (Å²) in [5, 5.41) is 0. The lowest BCUT2D eigenvalue weighted by atomic mass is 10.2. The van der Waals surface area contributed by atoms with Gasteiger partial charge in [0, 0.05) is 31.2 Å². The Hall–Kier alpha value is -2.89. The fourth-order valence-corrected chi connectivity index (χ4v) is 2.75. The standard InChI is InChI=1S/C15H13N5O/c1-2-19-13-10(4-3-7-16-13)14-17-8-9-20(14)11-5-6-12(21)18-15(11)19/h3-9H,2H2,1H3,(H,18,21). The Labute approximate surface area is 120 Å². The number of aromatic nitrogens is 4. The number of nitrogens with zero attached hydrogens (tertiary/aromatic N) is 4. The third-order valence-corrected chi connectivity index (χ3v) is 3.65. The zero-order valence-electron chi connectivity index (χ0n) is 11.4. The van der Waals surface area contributed by atoms with Gasteiger partial charge in [0.2, 0.25) is 5.56 Å². The molecule has 0 bridgehead atoms. The lowest BCUT2D eigenvalue weighted by Gasteiger charge is -2.22. The van der Waals surface area contributed by atoms with Gasteiger partial charge in [0.05, 0.1) is 11.3 Å². The molecule has 0 atom stereocenters. The molecule has 4 heterocycles. The molecule has 0 amide bonds. The van der Waals surface area contributed by atoms with E-state index in [0.717, 1.165) is 28.7 Å². The van der Waals surface area contributed by atoms with Crippen molar-refractivity contribution >= 4 is 11.6 Å². The minimum atomic E-state index is -0.131. The Balaban J connectivity index is 2.15. The number of aromatic amines is 1. The first-order valence-electron chi connectivity index (χ1n) is 6.79. The van der Waals surface area contributed by atoms with Crippen LogP contribution in [0.5, 0.6) is 0 Å². The highest BCUT2D eigenvalue weighted by Crippen LogP contribution is 2.38. The molecule has 0 unspecified atom stereocenters. The number of hydrogen-bond donors (Lipinski definition) is 1. The predicted octanol–water partition coefficient (Wildman–Crippen LogP) is 2.09. The van der Waals surface area contributed by atoms with Crippen molar-refractivity contribution in [1.29, 1.82) is 0 Å². The largest absolute Gasteiger partial charge is 0.310 e. The maximum Gasteiger partial charge on any atom is 0.249 e. The number of anilines is 2. The molecule has 21 heavy (non-hydrogen) atoms. The van der Waals surface area contributed by atoms with Gasteiger partial charge in [-0.15, -0.1) is 0 Å². The minimum absolute atomic E-state index is 0.131. The van der Waals surface area contributed by atoms with Gasteiger partial charge in [0.15, 0.2) is 0 Å². The van der Waals surface area contributed by atoms with Crippen LogP contribution in [0.3, 0.4) is 0 Å². The fraction of sp³-hybridized carbons (Fsp3) is 0.133. The summed E-state index contributed by atoms with van der Waals surface area (Å²) in [6.45, 7) is 2.73. The predicted molar refractivity (Wildman–Crippen MR) is 80.1 cm³/mol. The quantitative estimate of drug-likeness (QED) is 0.740. The van der Waals surface area contributed by atoms with Crippen molar-refractivity contribution < 1.29 is 0 Å². The van der Waals surface area contributed by atoms with E-state index in [1.807, 2.05) is 40.8 Å². The molecule has 4 rings (SSSR count). The molecule has 1 N–H and O–H groups in total. The molecule has 6 nitrogen and oxygen atoms in total. The van der Waals surface area contributed by atoms with Crippen molar-refractivity contribution in [1.82, 2.24) is 19.5 Å². The molecule has 104 valence electrons. The monoisotopic (exact) mass is 279 g/mol. The third-order valence-electron chi connectivity index (χ3n) is 3.65. The molecular weight excluding hydrogens is 266 g/mol. The molecule has 0 saturated carbocycles. The van der Waals surface area contributed by atoms with Crippen LogP contribution in [0.1, 0.15) is 6.92 Å². The highest BCUT2D eigenvalue weighted by atomic mass is 16.1. The van der Waals surface area contributed by atoms with E-state index in [0.29, 0.717) is 6.54 Å². The van der Waals surface area contributed by atoms with Crippen LogP contribution >= 0.6 is 0 Å². The highest BCUT2D eigenvalue weighted by Gasteiger charge is 2.25. The fourth-order valence-electron chi connectivity index (χ4n) is 2.75. The average molecular weight is 279 g/mol. The molecule has 0 aliphatic carbocycles. The summed E-state index contributed by atoms with van der Waals surface area (Å²) < 4.78 is 1.97. The topological polar surface area (TPSA) is 66.8 Å². The molecule has 3 aromatic rings. The zero-order chi connectivity index (χ0) is 14.4. The van der Waals surface area contributed by atoms with E-state index in [1.165, 1.54) is 6.07 Å². The lowest BCUT2D eigenvalue weighted by molar-refractivity contribution is 0.947. The van der Waals surface area contributed by atoms with E-state index in [9.17, 15) is 4.79 Å². The molecule has 3 aromatic heterocycles. The van der Waals surface area contributed by atoms with Gasteiger partial charge < -0.3 is 9.88 Å². The first kappa shape index (κ1) is 11.9. The van der Waals surface area contributed by atoms with E-state index < -0.39 is 0 Å². The van der Waals surface area contributed by atoms with E-state index >= 15 is 0 Å². The SMILES string of the molecule is CCN1c2ncccc2-c2nccn2-c2ccc(=O)[nH]c21. The summed E-state index contributed by atoms with van der Waals surface area (Å²) in [4.78, 5) is 25.6. The Morgan fingerprint density at radius 3 is 2.95 bits per heavy atom. The van der Waals surface area contributed by atoms with E-state index in [2.05, 4.69) is 15.0 Å². The number of nitrogens with one attached hydrogen (secondary N) is 1. The van der Waals surface area contributed by atoms with Crippen LogP contribution in [0.25, 0.3) is 17.1 Å². The molecule has 0 saturated heterocycles. The number of imidazole rings is 1. The molecule has 0 spiro atoms. The first-order chi connectivity index (χ1) is 10.3. The van der Waals surface area contributed by atoms with Crippen molar-refractivity contribution in [3.05, 3.63) is 53.2 Å². The average Bonchev–Trinajstić information content (AvgIpc) is 2.94. The summed E-state index contributed by atoms with van der Waals surface area (Å²) in [6, 6.07) is 7.23. The Morgan fingerprint density at radius 1 is 1.19 bits per heavy atom. The van der Waals surface area contributed by atoms with Gasteiger partial charge in [0.25, 0.3) is 0 Å². The summed E-state index contributed by atoms with van der Waals surface area (Å²) in [7, 11) is 0. The van der Waals surface area contributed by atoms with Crippen molar-refractivity contribution in [2.45, 2.75) is 6.92 Å². The van der Waals surface area contributed by atoms with Gasteiger partial charge in [-0.3, -0.25) is 9.36 Å². The van der Waals surface area contributed by atoms with Crippen LogP contribution in [0, 0.1) is 0 Å². The molecule has 6 heteroatoms. The van der Waals surface area contributed by atoms with Crippen LogP contribution < -0.4 is 10.5 Å². The second-order valence-corrected chi connectivity index (χ2v) is 4.80. The molecule has 0 radical (unpaired) electrons. The van der Waals surface area contributed by atoms with Gasteiger partial charge in [-0.2, -0.15) is 0 Å². The van der Waals surface area contributed by atoms with E-state index in [1.54, 1.807) is 12.4 Å². The summed E-state index contributed by atoms with van der Waals surface area (Å²) in [5.41, 5.74) is 1.71. The first-order valence-corrected chi connectivity index (χ1v) is 6.79. The second-order valence-electron chi connectivity index (χ2n) is 4.80. The number of pyridine rings is 2. The van der Waals surface area contributed by atoms with Crippen LogP contribution in [-0.4, -0.2) is 26.1 Å². The van der Waals surface area contributed by atoms with Crippen molar-refractivity contribution in [3.8, 4) is 17.1 Å². The molecule has 1 aliphatic heterocycles. The summed E-state index contributed by atoms with van der Waals surface area (Å²) >= 11 is 0. The molecule has 0 aromatic carbocycles. The van der Waals surface area contributed by atoms with E-state index in [-0.39, 0.29) is 5.56 Å². The summed E-state index contributed by atoms with van der Waals surface area (Å²) in [6.07, 6.45) is 5.39. The third kappa shape index (κ3) is 1.62. The highest BCUT2D eigenvalue weighted by molar-refractivity contribution is 5.82. The van der Waals surface area contributed by atoms with Gasteiger partial charge >= 0.3 is 0 Å². The number of H-pyrrole nitrogens is 1. The van der Waals surface area contributed by atoms with Gasteiger partial charge in [-0.1, -0.05) is 0 Å². The zero-order valence-corrected chi connectivity index (χ0v) is 11.4. The van der Waals surface area contributed by atoms with Gasteiger partial charge in [-0.25, -0.2) is 9.97 Å². The van der Waals surface area contributed by atoms with Crippen LogP contribution in [0.2, 0.25) is 0 Å². The van der Waals surface area contributed by atoms with Crippen molar-refractivity contribution in [3.63, 3.8) is 0 Å². The van der Waals surface area contributed by atoms with E-state index in [4.69, 9.17) is 0 Å². The number of hydrogen-bond acceptors (Lipinski definition) is 4. The molecule has 1 aliphatic rings. The van der Waals surface area contributed by atoms with Gasteiger partial charge in [-0.05, 0) is 25.1 Å². The second kappa shape index (κ2) is 4.31. The Morgan fingerprint density at radius 2 is 2.10 bits per heavy atom. The molecule has 0 fully saturated rings. The maximum absolute atomic E-state index is 11.7. The Bertz CT molecular complexity index is 880. The maximum atomic E-state index is 11.7. The van der Waals surface area contributed by atoms with Crippen molar-refractivity contribution in [2.24, 2.45) is 0 Å². The van der Waals surface area contributed by atoms with Gasteiger partial charge in [0.1, 0.15) is 17.5 Å². The van der Waals surface area contributed by atoms with Crippen molar-refractivity contribution in [2.75, 3.05) is 11.4 Å².